The highest BCUT2D eigenvalue weighted by Gasteiger charge is 2.20. The predicted octanol–water partition coefficient (Wildman–Crippen LogP) is 1.51. The van der Waals surface area contributed by atoms with Crippen molar-refractivity contribution in [2.45, 2.75) is 18.9 Å². The average Bonchev–Trinajstić information content (AvgIpc) is 2.44. The number of aliphatic hydroxyl groups is 1. The first-order chi connectivity index (χ1) is 5.77. The fraction of sp³-hybridized carbons (Fsp3) is 0.375. The summed E-state index contributed by atoms with van der Waals surface area (Å²) in [5.74, 6) is -0.00440. The van der Waals surface area contributed by atoms with Gasteiger partial charge in [0.1, 0.15) is 5.00 Å². The number of aliphatic hydroxyl groups excluding tert-OH is 1. The van der Waals surface area contributed by atoms with E-state index in [0.717, 1.165) is 10.6 Å². The maximum atomic E-state index is 11.1. The van der Waals surface area contributed by atoms with Gasteiger partial charge in [0, 0.05) is 12.0 Å². The van der Waals surface area contributed by atoms with Gasteiger partial charge in [0.05, 0.1) is 6.10 Å². The van der Waals surface area contributed by atoms with Crippen molar-refractivity contribution in [1.82, 2.24) is 0 Å². The zero-order chi connectivity index (χ0) is 8.55. The summed E-state index contributed by atoms with van der Waals surface area (Å²) in [6, 6.07) is 1.86. The lowest BCUT2D eigenvalue weighted by Crippen LogP contribution is -2.07. The molecule has 3 nitrogen and oxygen atoms in total. The molecule has 1 amide bonds. The van der Waals surface area contributed by atoms with Crippen LogP contribution in [0.4, 0.5) is 5.00 Å². The molecule has 12 heavy (non-hydrogen) atoms. The van der Waals surface area contributed by atoms with Gasteiger partial charge in [-0.1, -0.05) is 0 Å². The summed E-state index contributed by atoms with van der Waals surface area (Å²) in [5.41, 5.74) is 0.853. The fourth-order valence-electron chi connectivity index (χ4n) is 1.30. The minimum atomic E-state index is -0.481. The lowest BCUT2D eigenvalue weighted by Gasteiger charge is -2.04. The molecule has 0 spiro atoms. The summed E-state index contributed by atoms with van der Waals surface area (Å²) in [6.45, 7) is 0. The summed E-state index contributed by atoms with van der Waals surface area (Å²) in [4.78, 5) is 11.1. The van der Waals surface area contributed by atoms with Crippen molar-refractivity contribution in [2.24, 2.45) is 0 Å². The van der Waals surface area contributed by atoms with E-state index in [0.29, 0.717) is 12.8 Å². The van der Waals surface area contributed by atoms with Gasteiger partial charge in [-0.15, -0.1) is 11.3 Å². The molecule has 4 heteroatoms. The largest absolute Gasteiger partial charge is 0.388 e. The molecule has 2 rings (SSSR count). The van der Waals surface area contributed by atoms with Crippen LogP contribution >= 0.6 is 11.3 Å². The molecule has 0 bridgehead atoms. The van der Waals surface area contributed by atoms with Crippen molar-refractivity contribution in [3.63, 3.8) is 0 Å². The Morgan fingerprint density at radius 2 is 2.50 bits per heavy atom. The molecule has 1 aliphatic heterocycles. The van der Waals surface area contributed by atoms with Gasteiger partial charge < -0.3 is 10.4 Å². The first kappa shape index (κ1) is 7.76. The zero-order valence-electron chi connectivity index (χ0n) is 6.41. The molecule has 1 aliphatic rings. The van der Waals surface area contributed by atoms with Crippen molar-refractivity contribution in [1.29, 1.82) is 0 Å². The van der Waals surface area contributed by atoms with E-state index in [1.165, 1.54) is 11.3 Å². The van der Waals surface area contributed by atoms with Crippen LogP contribution in [0.15, 0.2) is 11.4 Å². The Morgan fingerprint density at radius 1 is 1.67 bits per heavy atom. The first-order valence-corrected chi connectivity index (χ1v) is 4.70. The molecule has 0 radical (unpaired) electrons. The second kappa shape index (κ2) is 2.88. The van der Waals surface area contributed by atoms with E-state index in [1.54, 1.807) is 0 Å². The zero-order valence-corrected chi connectivity index (χ0v) is 7.23. The number of nitrogens with one attached hydrogen (secondary N) is 1. The second-order valence-electron chi connectivity index (χ2n) is 2.81. The van der Waals surface area contributed by atoms with Gasteiger partial charge in [0.2, 0.25) is 5.91 Å². The van der Waals surface area contributed by atoms with E-state index in [-0.39, 0.29) is 5.91 Å². The number of amides is 1. The van der Waals surface area contributed by atoms with Crippen LogP contribution in [0, 0.1) is 0 Å². The van der Waals surface area contributed by atoms with E-state index in [1.807, 2.05) is 11.4 Å². The normalized spacial score (nSPS) is 22.8. The van der Waals surface area contributed by atoms with Gasteiger partial charge in [0.15, 0.2) is 0 Å². The van der Waals surface area contributed by atoms with Gasteiger partial charge >= 0.3 is 0 Å². The van der Waals surface area contributed by atoms with Gasteiger partial charge in [-0.05, 0) is 17.9 Å². The molecule has 2 N–H and O–H groups in total. The SMILES string of the molecule is O=C1CC[C@H](O)c2ccsc2N1. The number of hydrogen-bond donors (Lipinski definition) is 2. The minimum absolute atomic E-state index is 0.00440. The Hall–Kier alpha value is -0.870. The highest BCUT2D eigenvalue weighted by atomic mass is 32.1. The van der Waals surface area contributed by atoms with Crippen LogP contribution in [0.5, 0.6) is 0 Å². The molecule has 1 aromatic rings. The summed E-state index contributed by atoms with van der Waals surface area (Å²) in [6.07, 6.45) is 0.447. The third-order valence-corrected chi connectivity index (χ3v) is 2.80. The molecule has 1 atom stereocenters. The molecule has 0 saturated heterocycles. The van der Waals surface area contributed by atoms with E-state index >= 15 is 0 Å². The highest BCUT2D eigenvalue weighted by Crippen LogP contribution is 2.33. The molecular weight excluding hydrogens is 174 g/mol. The Morgan fingerprint density at radius 3 is 3.33 bits per heavy atom. The van der Waals surface area contributed by atoms with E-state index in [9.17, 15) is 9.90 Å². The standard InChI is InChI=1S/C8H9NO2S/c10-6-1-2-7(11)9-8-5(6)3-4-12-8/h3-4,6,10H,1-2H2,(H,9,11)/t6-/m0/s1. The van der Waals surface area contributed by atoms with Crippen LogP contribution in [0.3, 0.4) is 0 Å². The second-order valence-corrected chi connectivity index (χ2v) is 3.72. The third kappa shape index (κ3) is 1.23. The monoisotopic (exact) mass is 183 g/mol. The van der Waals surface area contributed by atoms with Crippen molar-refractivity contribution in [3.05, 3.63) is 17.0 Å². The predicted molar refractivity (Wildman–Crippen MR) is 47.1 cm³/mol. The highest BCUT2D eigenvalue weighted by molar-refractivity contribution is 7.14. The fourth-order valence-corrected chi connectivity index (χ4v) is 2.16. The number of hydrogen-bond acceptors (Lipinski definition) is 3. The lowest BCUT2D eigenvalue weighted by atomic mass is 10.1. The number of anilines is 1. The molecule has 0 fully saturated rings. The van der Waals surface area contributed by atoms with Crippen molar-refractivity contribution in [3.8, 4) is 0 Å². The molecule has 0 aliphatic carbocycles. The maximum Gasteiger partial charge on any atom is 0.225 e. The van der Waals surface area contributed by atoms with Crippen LogP contribution in [0.1, 0.15) is 24.5 Å². The van der Waals surface area contributed by atoms with Crippen LogP contribution in [0.25, 0.3) is 0 Å². The Kier molecular flexibility index (Phi) is 1.86. The number of rotatable bonds is 0. The Labute approximate surface area is 74.0 Å². The topological polar surface area (TPSA) is 49.3 Å². The molecule has 0 aromatic carbocycles. The number of fused-ring (bicyclic) bond motifs is 1. The van der Waals surface area contributed by atoms with Crippen LogP contribution in [0.2, 0.25) is 0 Å². The van der Waals surface area contributed by atoms with Gasteiger partial charge in [-0.3, -0.25) is 4.79 Å². The summed E-state index contributed by atoms with van der Waals surface area (Å²) in [5, 5.41) is 15.0. The molecule has 2 heterocycles. The molecular formula is C8H9NO2S. The smallest absolute Gasteiger partial charge is 0.225 e. The third-order valence-electron chi connectivity index (χ3n) is 1.95. The minimum Gasteiger partial charge on any atom is -0.388 e. The van der Waals surface area contributed by atoms with Gasteiger partial charge in [-0.25, -0.2) is 0 Å². The number of carbonyl (C=O) groups is 1. The molecule has 1 aromatic heterocycles. The first-order valence-electron chi connectivity index (χ1n) is 3.82. The molecule has 64 valence electrons. The van der Waals surface area contributed by atoms with Crippen LogP contribution < -0.4 is 5.32 Å². The van der Waals surface area contributed by atoms with Gasteiger partial charge in [-0.2, -0.15) is 0 Å². The average molecular weight is 183 g/mol. The van der Waals surface area contributed by atoms with E-state index in [4.69, 9.17) is 0 Å². The Bertz CT molecular complexity index is 308. The summed E-state index contributed by atoms with van der Waals surface area (Å²) in [7, 11) is 0. The summed E-state index contributed by atoms with van der Waals surface area (Å²) < 4.78 is 0. The number of thiophene rings is 1. The summed E-state index contributed by atoms with van der Waals surface area (Å²) >= 11 is 1.45. The Balaban J connectivity index is 2.38. The molecule has 0 saturated carbocycles. The quantitative estimate of drug-likeness (QED) is 0.640. The van der Waals surface area contributed by atoms with Crippen molar-refractivity contribution >= 4 is 22.2 Å². The van der Waals surface area contributed by atoms with Crippen LogP contribution in [-0.2, 0) is 4.79 Å². The number of carbonyl (C=O) groups excluding carboxylic acids is 1. The molecule has 0 unspecified atom stereocenters. The maximum absolute atomic E-state index is 11.1. The van der Waals surface area contributed by atoms with E-state index < -0.39 is 6.10 Å². The van der Waals surface area contributed by atoms with E-state index in [2.05, 4.69) is 5.32 Å². The lowest BCUT2D eigenvalue weighted by molar-refractivity contribution is -0.116. The van der Waals surface area contributed by atoms with Gasteiger partial charge in [0.25, 0.3) is 0 Å². The van der Waals surface area contributed by atoms with Crippen molar-refractivity contribution in [2.75, 3.05) is 5.32 Å². The van der Waals surface area contributed by atoms with Crippen molar-refractivity contribution < 1.29 is 9.90 Å². The van der Waals surface area contributed by atoms with Crippen LogP contribution in [-0.4, -0.2) is 11.0 Å².